The number of aryl methyl sites for hydroxylation is 1. The van der Waals surface area contributed by atoms with Crippen molar-refractivity contribution in [3.63, 3.8) is 0 Å². The molecule has 0 saturated carbocycles. The fourth-order valence-corrected chi connectivity index (χ4v) is 4.35. The van der Waals surface area contributed by atoms with Crippen molar-refractivity contribution < 1.29 is 14.3 Å². The van der Waals surface area contributed by atoms with Crippen LogP contribution in [0, 0.1) is 0 Å². The van der Waals surface area contributed by atoms with Gasteiger partial charge in [0.05, 0.1) is 0 Å². The Hall–Kier alpha value is -3.72. The number of nitrogens with zero attached hydrogens (tertiary/aromatic N) is 2. The first kappa shape index (κ1) is 23.4. The lowest BCUT2D eigenvalue weighted by atomic mass is 10.0. The Bertz CT molecular complexity index is 1240. The number of rotatable bonds is 10. The highest BCUT2D eigenvalue weighted by Crippen LogP contribution is 2.21. The Morgan fingerprint density at radius 3 is 2.71 bits per heavy atom. The van der Waals surface area contributed by atoms with Crippen LogP contribution in [0.15, 0.2) is 60.8 Å². The van der Waals surface area contributed by atoms with Gasteiger partial charge in [0.2, 0.25) is 11.0 Å². The number of ether oxygens (including phenoxy) is 1. The second-order valence-corrected chi connectivity index (χ2v) is 8.98. The molecular weight excluding hydrogens is 450 g/mol. The number of carbonyl (C=O) groups is 2. The Morgan fingerprint density at radius 1 is 1.09 bits per heavy atom. The van der Waals surface area contributed by atoms with E-state index in [1.807, 2.05) is 60.8 Å². The molecule has 0 aliphatic carbocycles. The third-order valence-electron chi connectivity index (χ3n) is 5.36. The molecule has 3 N–H and O–H groups in total. The molecule has 2 aromatic heterocycles. The highest BCUT2D eigenvalue weighted by atomic mass is 32.1. The predicted molar refractivity (Wildman–Crippen MR) is 133 cm³/mol. The zero-order valence-corrected chi connectivity index (χ0v) is 19.7. The van der Waals surface area contributed by atoms with Crippen LogP contribution in [0.5, 0.6) is 0 Å². The molecule has 34 heavy (non-hydrogen) atoms. The van der Waals surface area contributed by atoms with E-state index in [-0.39, 0.29) is 18.9 Å². The largest absolute Gasteiger partial charge is 0.445 e. The van der Waals surface area contributed by atoms with Crippen molar-refractivity contribution in [3.05, 3.63) is 76.9 Å². The number of para-hydroxylation sites is 1. The fourth-order valence-electron chi connectivity index (χ4n) is 3.56. The molecule has 0 fully saturated rings. The number of fused-ring (bicyclic) bond motifs is 1. The SMILES string of the molecule is CCCCc1nnc(NC(=O)[C@H](Cc2c[nH]c3ccccc23)NC(=O)OCc2ccccc2)s1. The molecule has 2 amide bonds. The molecule has 9 heteroatoms. The molecule has 4 rings (SSSR count). The van der Waals surface area contributed by atoms with Gasteiger partial charge in [-0.1, -0.05) is 73.2 Å². The zero-order chi connectivity index (χ0) is 23.8. The van der Waals surface area contributed by atoms with Gasteiger partial charge < -0.3 is 15.0 Å². The van der Waals surface area contributed by atoms with Gasteiger partial charge in [0.1, 0.15) is 17.7 Å². The molecule has 0 aliphatic heterocycles. The van der Waals surface area contributed by atoms with E-state index in [4.69, 9.17) is 4.74 Å². The number of aromatic amines is 1. The first-order chi connectivity index (χ1) is 16.6. The molecule has 0 unspecified atom stereocenters. The van der Waals surface area contributed by atoms with E-state index in [1.54, 1.807) is 0 Å². The third kappa shape index (κ3) is 6.20. The lowest BCUT2D eigenvalue weighted by Gasteiger charge is -2.17. The molecule has 1 atom stereocenters. The van der Waals surface area contributed by atoms with Crippen LogP contribution in [0.4, 0.5) is 9.93 Å². The average molecular weight is 478 g/mol. The lowest BCUT2D eigenvalue weighted by Crippen LogP contribution is -2.45. The Labute approximate surface area is 201 Å². The van der Waals surface area contributed by atoms with Gasteiger partial charge in [-0.15, -0.1) is 10.2 Å². The second-order valence-electron chi connectivity index (χ2n) is 7.92. The second kappa shape index (κ2) is 11.4. The number of nitrogens with one attached hydrogen (secondary N) is 3. The normalized spacial score (nSPS) is 11.8. The number of H-pyrrole nitrogens is 1. The standard InChI is InChI=1S/C25H27N5O3S/c1-2-3-13-22-29-30-24(34-22)28-23(31)21(14-18-15-26-20-12-8-7-11-19(18)20)27-25(32)33-16-17-9-5-4-6-10-17/h4-12,15,21,26H,2-3,13-14,16H2,1H3,(H,27,32)(H,28,30,31)/t21-/m0/s1. The molecule has 8 nitrogen and oxygen atoms in total. The van der Waals surface area contributed by atoms with E-state index in [9.17, 15) is 9.59 Å². The molecule has 0 spiro atoms. The van der Waals surface area contributed by atoms with Crippen molar-refractivity contribution in [2.75, 3.05) is 5.32 Å². The summed E-state index contributed by atoms with van der Waals surface area (Å²) in [6.07, 6.45) is 4.38. The Morgan fingerprint density at radius 2 is 1.88 bits per heavy atom. The lowest BCUT2D eigenvalue weighted by molar-refractivity contribution is -0.118. The Kier molecular flexibility index (Phi) is 7.87. The van der Waals surface area contributed by atoms with Gasteiger partial charge in [0.25, 0.3) is 0 Å². The molecular formula is C25H27N5O3S. The predicted octanol–water partition coefficient (Wildman–Crippen LogP) is 4.84. The number of amides is 2. The minimum Gasteiger partial charge on any atom is -0.445 e. The fraction of sp³-hybridized carbons (Fsp3) is 0.280. The molecule has 2 heterocycles. The average Bonchev–Trinajstić information content (AvgIpc) is 3.48. The summed E-state index contributed by atoms with van der Waals surface area (Å²) in [5.74, 6) is -0.375. The maximum atomic E-state index is 13.2. The van der Waals surface area contributed by atoms with Gasteiger partial charge >= 0.3 is 6.09 Å². The van der Waals surface area contributed by atoms with Crippen molar-refractivity contribution in [3.8, 4) is 0 Å². The topological polar surface area (TPSA) is 109 Å². The van der Waals surface area contributed by atoms with Gasteiger partial charge in [0.15, 0.2) is 0 Å². The van der Waals surface area contributed by atoms with E-state index in [1.165, 1.54) is 11.3 Å². The van der Waals surface area contributed by atoms with Crippen LogP contribution in [0.1, 0.15) is 35.9 Å². The van der Waals surface area contributed by atoms with Crippen molar-refractivity contribution in [1.82, 2.24) is 20.5 Å². The summed E-state index contributed by atoms with van der Waals surface area (Å²) in [6.45, 7) is 2.23. The summed E-state index contributed by atoms with van der Waals surface area (Å²) in [7, 11) is 0. The van der Waals surface area contributed by atoms with E-state index in [0.29, 0.717) is 5.13 Å². The summed E-state index contributed by atoms with van der Waals surface area (Å²) >= 11 is 1.35. The molecule has 0 aliphatic rings. The van der Waals surface area contributed by atoms with E-state index in [0.717, 1.165) is 46.3 Å². The van der Waals surface area contributed by atoms with Crippen molar-refractivity contribution in [2.24, 2.45) is 0 Å². The number of benzene rings is 2. The number of hydrogen-bond donors (Lipinski definition) is 3. The highest BCUT2D eigenvalue weighted by molar-refractivity contribution is 7.15. The number of anilines is 1. The van der Waals surface area contributed by atoms with Crippen molar-refractivity contribution >= 4 is 39.4 Å². The molecule has 0 bridgehead atoms. The van der Waals surface area contributed by atoms with Gasteiger partial charge in [-0.2, -0.15) is 0 Å². The molecule has 2 aromatic carbocycles. The minimum atomic E-state index is -0.856. The summed E-state index contributed by atoms with van der Waals surface area (Å²) in [5, 5.41) is 16.0. The van der Waals surface area contributed by atoms with Gasteiger partial charge in [0, 0.05) is 29.9 Å². The molecule has 176 valence electrons. The van der Waals surface area contributed by atoms with Gasteiger partial charge in [-0.3, -0.25) is 10.1 Å². The molecule has 4 aromatic rings. The van der Waals surface area contributed by atoms with E-state index < -0.39 is 12.1 Å². The minimum absolute atomic E-state index is 0.116. The van der Waals surface area contributed by atoms with E-state index >= 15 is 0 Å². The first-order valence-electron chi connectivity index (χ1n) is 11.3. The van der Waals surface area contributed by atoms with Crippen LogP contribution in [-0.4, -0.2) is 33.2 Å². The zero-order valence-electron chi connectivity index (χ0n) is 18.9. The Balaban J connectivity index is 1.46. The van der Waals surface area contributed by atoms with Crippen molar-refractivity contribution in [2.45, 2.75) is 45.3 Å². The first-order valence-corrected chi connectivity index (χ1v) is 12.1. The smallest absolute Gasteiger partial charge is 0.408 e. The highest BCUT2D eigenvalue weighted by Gasteiger charge is 2.24. The number of unbranched alkanes of at least 4 members (excludes halogenated alkanes) is 1. The van der Waals surface area contributed by atoms with Crippen LogP contribution in [0.2, 0.25) is 0 Å². The van der Waals surface area contributed by atoms with Crippen LogP contribution < -0.4 is 10.6 Å². The van der Waals surface area contributed by atoms with Gasteiger partial charge in [-0.25, -0.2) is 4.79 Å². The van der Waals surface area contributed by atoms with Crippen LogP contribution in [-0.2, 0) is 29.0 Å². The number of alkyl carbamates (subject to hydrolysis) is 1. The van der Waals surface area contributed by atoms with E-state index in [2.05, 4.69) is 32.7 Å². The summed E-state index contributed by atoms with van der Waals surface area (Å²) in [5.41, 5.74) is 2.75. The summed E-state index contributed by atoms with van der Waals surface area (Å²) < 4.78 is 5.35. The molecule has 0 saturated heterocycles. The third-order valence-corrected chi connectivity index (χ3v) is 6.26. The van der Waals surface area contributed by atoms with Crippen LogP contribution in [0.25, 0.3) is 10.9 Å². The quantitative estimate of drug-likeness (QED) is 0.303. The maximum absolute atomic E-state index is 13.2. The van der Waals surface area contributed by atoms with Gasteiger partial charge in [-0.05, 0) is 23.6 Å². The van der Waals surface area contributed by atoms with Crippen molar-refractivity contribution in [1.29, 1.82) is 0 Å². The van der Waals surface area contributed by atoms with Crippen LogP contribution in [0.3, 0.4) is 0 Å². The maximum Gasteiger partial charge on any atom is 0.408 e. The monoisotopic (exact) mass is 477 g/mol. The number of hydrogen-bond acceptors (Lipinski definition) is 6. The number of aromatic nitrogens is 3. The summed E-state index contributed by atoms with van der Waals surface area (Å²) in [4.78, 5) is 28.9. The van der Waals surface area contributed by atoms with Crippen LogP contribution >= 0.6 is 11.3 Å². The summed E-state index contributed by atoms with van der Waals surface area (Å²) in [6, 6.07) is 16.4. The molecule has 0 radical (unpaired) electrons. The number of carbonyl (C=O) groups excluding carboxylic acids is 2.